The van der Waals surface area contributed by atoms with Gasteiger partial charge in [-0.1, -0.05) is 20.4 Å². The van der Waals surface area contributed by atoms with Crippen LogP contribution in [-0.2, 0) is 9.73 Å². The maximum absolute atomic E-state index is 11.4. The van der Waals surface area contributed by atoms with Crippen LogP contribution in [0.25, 0.3) is 0 Å². The van der Waals surface area contributed by atoms with Gasteiger partial charge >= 0.3 is 0 Å². The molecule has 2 nitrogen and oxygen atoms in total. The fourth-order valence-corrected chi connectivity index (χ4v) is 2.08. The molecule has 60 valence electrons. The van der Waals surface area contributed by atoms with Crippen molar-refractivity contribution in [3.05, 3.63) is 12.0 Å². The summed E-state index contributed by atoms with van der Waals surface area (Å²) in [6.07, 6.45) is 0. The third kappa shape index (κ3) is 3.01. The molecule has 0 aromatic rings. The normalized spacial score (nSPS) is 16.4. The Labute approximate surface area is 63.5 Å². The van der Waals surface area contributed by atoms with E-state index in [2.05, 4.69) is 10.9 Å². The van der Waals surface area contributed by atoms with E-state index in [0.29, 0.717) is 11.7 Å². The van der Waals surface area contributed by atoms with Crippen LogP contribution in [-0.4, -0.2) is 17.0 Å². The average Bonchev–Trinajstić information content (AvgIpc) is 1.87. The largest absolute Gasteiger partial charge is 0.245 e. The zero-order valence-electron chi connectivity index (χ0n) is 6.83. The predicted molar refractivity (Wildman–Crippen MR) is 46.4 cm³/mol. The number of nitrogens with zero attached hydrogens (tertiary/aromatic N) is 1. The van der Waals surface area contributed by atoms with E-state index < -0.39 is 9.73 Å². The SMILES string of the molecule is C=CS(=O)(CC(C)C)=NC. The van der Waals surface area contributed by atoms with Crippen LogP contribution in [0, 0.1) is 5.92 Å². The van der Waals surface area contributed by atoms with Crippen molar-refractivity contribution >= 4 is 9.73 Å². The molecule has 0 bridgehead atoms. The molecule has 0 heterocycles. The average molecular weight is 161 g/mol. The molecular weight excluding hydrogens is 146 g/mol. The second-order valence-electron chi connectivity index (χ2n) is 2.60. The van der Waals surface area contributed by atoms with Crippen LogP contribution in [0.2, 0.25) is 0 Å². The monoisotopic (exact) mass is 161 g/mol. The van der Waals surface area contributed by atoms with Crippen LogP contribution in [0.4, 0.5) is 0 Å². The van der Waals surface area contributed by atoms with Crippen LogP contribution in [0.5, 0.6) is 0 Å². The van der Waals surface area contributed by atoms with E-state index >= 15 is 0 Å². The van der Waals surface area contributed by atoms with E-state index in [0.717, 1.165) is 0 Å². The summed E-state index contributed by atoms with van der Waals surface area (Å²) in [7, 11) is -0.499. The Bertz CT molecular complexity index is 212. The van der Waals surface area contributed by atoms with Crippen molar-refractivity contribution in [1.82, 2.24) is 0 Å². The molecule has 0 aliphatic rings. The molecule has 0 saturated carbocycles. The fourth-order valence-electron chi connectivity index (χ4n) is 0.695. The lowest BCUT2D eigenvalue weighted by molar-refractivity contribution is 0.663. The summed E-state index contributed by atoms with van der Waals surface area (Å²) in [5.41, 5.74) is 0. The molecule has 0 spiro atoms. The molecule has 10 heavy (non-hydrogen) atoms. The molecule has 0 aromatic carbocycles. The zero-order chi connectivity index (χ0) is 8.20. The van der Waals surface area contributed by atoms with Gasteiger partial charge in [-0.2, -0.15) is 0 Å². The molecule has 0 amide bonds. The minimum absolute atomic E-state index is 0.411. The van der Waals surface area contributed by atoms with Crippen LogP contribution < -0.4 is 0 Å². The van der Waals surface area contributed by atoms with Crippen molar-refractivity contribution in [2.24, 2.45) is 10.3 Å². The zero-order valence-corrected chi connectivity index (χ0v) is 7.65. The van der Waals surface area contributed by atoms with Crippen molar-refractivity contribution in [2.75, 3.05) is 12.8 Å². The van der Waals surface area contributed by atoms with Gasteiger partial charge in [0.1, 0.15) is 0 Å². The van der Waals surface area contributed by atoms with Crippen molar-refractivity contribution < 1.29 is 4.21 Å². The lowest BCUT2D eigenvalue weighted by atomic mass is 10.3. The topological polar surface area (TPSA) is 29.4 Å². The summed E-state index contributed by atoms with van der Waals surface area (Å²) in [5.74, 6) is 1.03. The number of hydrogen-bond acceptors (Lipinski definition) is 2. The summed E-state index contributed by atoms with van der Waals surface area (Å²) >= 11 is 0. The van der Waals surface area contributed by atoms with E-state index in [1.165, 1.54) is 5.41 Å². The summed E-state index contributed by atoms with van der Waals surface area (Å²) < 4.78 is 15.2. The van der Waals surface area contributed by atoms with Gasteiger partial charge in [0, 0.05) is 18.2 Å². The summed E-state index contributed by atoms with van der Waals surface area (Å²) in [4.78, 5) is 0. The molecule has 1 unspecified atom stereocenters. The minimum Gasteiger partial charge on any atom is -0.245 e. The van der Waals surface area contributed by atoms with Crippen molar-refractivity contribution in [2.45, 2.75) is 13.8 Å². The first-order valence-corrected chi connectivity index (χ1v) is 5.04. The Hall–Kier alpha value is -0.310. The summed E-state index contributed by atoms with van der Waals surface area (Å²) in [5, 5.41) is 1.45. The lowest BCUT2D eigenvalue weighted by Crippen LogP contribution is -2.07. The van der Waals surface area contributed by atoms with Crippen LogP contribution >= 0.6 is 0 Å². The third-order valence-electron chi connectivity index (χ3n) is 1.14. The Balaban J connectivity index is 4.40. The maximum Gasteiger partial charge on any atom is 0.0677 e. The Kier molecular flexibility index (Phi) is 3.64. The third-order valence-corrected chi connectivity index (χ3v) is 3.42. The molecule has 0 N–H and O–H groups in total. The van der Waals surface area contributed by atoms with E-state index in [1.807, 2.05) is 13.8 Å². The molecule has 1 atom stereocenters. The molecule has 3 heteroatoms. The Morgan fingerprint density at radius 1 is 1.70 bits per heavy atom. The quantitative estimate of drug-likeness (QED) is 0.621. The molecule has 0 radical (unpaired) electrons. The predicted octanol–water partition coefficient (Wildman–Crippen LogP) is 1.88. The lowest BCUT2D eigenvalue weighted by Gasteiger charge is -2.05. The van der Waals surface area contributed by atoms with Gasteiger partial charge in [-0.3, -0.25) is 0 Å². The standard InChI is InChI=1S/C7H15NOS/c1-5-10(9,8-4)6-7(2)3/h5,7H,1,6H2,2-4H3. The van der Waals surface area contributed by atoms with Gasteiger partial charge in [0.05, 0.1) is 9.73 Å². The molecule has 0 fully saturated rings. The minimum atomic E-state index is -2.08. The highest BCUT2D eigenvalue weighted by atomic mass is 32.2. The van der Waals surface area contributed by atoms with E-state index in [9.17, 15) is 4.21 Å². The highest BCUT2D eigenvalue weighted by Gasteiger charge is 2.04. The second-order valence-corrected chi connectivity index (χ2v) is 5.01. The number of rotatable bonds is 3. The van der Waals surface area contributed by atoms with Crippen LogP contribution in [0.3, 0.4) is 0 Å². The van der Waals surface area contributed by atoms with Gasteiger partial charge in [-0.05, 0) is 5.92 Å². The molecular formula is C7H15NOS. The highest BCUT2D eigenvalue weighted by molar-refractivity contribution is 7.96. The van der Waals surface area contributed by atoms with Crippen molar-refractivity contribution in [3.63, 3.8) is 0 Å². The van der Waals surface area contributed by atoms with Gasteiger partial charge in [0.25, 0.3) is 0 Å². The van der Waals surface area contributed by atoms with Gasteiger partial charge in [-0.25, -0.2) is 8.57 Å². The van der Waals surface area contributed by atoms with Crippen molar-refractivity contribution in [1.29, 1.82) is 0 Å². The van der Waals surface area contributed by atoms with Crippen molar-refractivity contribution in [3.8, 4) is 0 Å². The first-order chi connectivity index (χ1) is 4.54. The smallest absolute Gasteiger partial charge is 0.0677 e. The molecule has 0 aliphatic heterocycles. The molecule has 0 aromatic heterocycles. The molecule has 0 saturated heterocycles. The Morgan fingerprint density at radius 3 is 2.30 bits per heavy atom. The van der Waals surface area contributed by atoms with Gasteiger partial charge in [0.15, 0.2) is 0 Å². The summed E-state index contributed by atoms with van der Waals surface area (Å²) in [6.45, 7) is 7.53. The fraction of sp³-hybridized carbons (Fsp3) is 0.714. The Morgan fingerprint density at radius 2 is 2.20 bits per heavy atom. The van der Waals surface area contributed by atoms with E-state index in [1.54, 1.807) is 7.05 Å². The van der Waals surface area contributed by atoms with Gasteiger partial charge in [-0.15, -0.1) is 0 Å². The maximum atomic E-state index is 11.4. The second kappa shape index (κ2) is 3.76. The molecule has 0 aliphatic carbocycles. The highest BCUT2D eigenvalue weighted by Crippen LogP contribution is 2.03. The molecule has 0 rings (SSSR count). The first-order valence-electron chi connectivity index (χ1n) is 3.29. The summed E-state index contributed by atoms with van der Waals surface area (Å²) in [6, 6.07) is 0. The van der Waals surface area contributed by atoms with E-state index in [4.69, 9.17) is 0 Å². The first kappa shape index (κ1) is 9.69. The van der Waals surface area contributed by atoms with E-state index in [-0.39, 0.29) is 0 Å². The van der Waals surface area contributed by atoms with Crippen LogP contribution in [0.15, 0.2) is 16.3 Å². The van der Waals surface area contributed by atoms with Gasteiger partial charge < -0.3 is 0 Å². The van der Waals surface area contributed by atoms with Crippen LogP contribution in [0.1, 0.15) is 13.8 Å². The van der Waals surface area contributed by atoms with Gasteiger partial charge in [0.2, 0.25) is 0 Å². The number of hydrogen-bond donors (Lipinski definition) is 0.